The maximum Gasteiger partial charge on any atom is 0.348 e. The summed E-state index contributed by atoms with van der Waals surface area (Å²) in [5, 5.41) is 33.9. The van der Waals surface area contributed by atoms with Crippen LogP contribution in [0.5, 0.6) is 0 Å². The second kappa shape index (κ2) is 13.1. The molecule has 0 aromatic heterocycles. The maximum absolute atomic E-state index is 12.9. The highest BCUT2D eigenvalue weighted by molar-refractivity contribution is 5.79. The zero-order valence-corrected chi connectivity index (χ0v) is 23.7. The van der Waals surface area contributed by atoms with Gasteiger partial charge in [-0.2, -0.15) is 0 Å². The lowest BCUT2D eigenvalue weighted by molar-refractivity contribution is -0.239. The van der Waals surface area contributed by atoms with Crippen LogP contribution in [-0.2, 0) is 42.9 Å². The lowest BCUT2D eigenvalue weighted by atomic mass is 9.77. The van der Waals surface area contributed by atoms with E-state index in [2.05, 4.69) is 0 Å². The molecule has 0 spiro atoms. The average molecular weight is 559 g/mol. The van der Waals surface area contributed by atoms with E-state index >= 15 is 0 Å². The number of carbonyl (C=O) groups is 4. The van der Waals surface area contributed by atoms with Crippen molar-refractivity contribution < 1.29 is 58.2 Å². The third-order valence-electron chi connectivity index (χ3n) is 6.68. The van der Waals surface area contributed by atoms with Crippen molar-refractivity contribution in [3.05, 3.63) is 11.8 Å². The van der Waals surface area contributed by atoms with Crippen LogP contribution in [0.15, 0.2) is 11.8 Å². The van der Waals surface area contributed by atoms with E-state index in [1.807, 2.05) is 13.8 Å². The minimum Gasteiger partial charge on any atom is -0.463 e. The second-order valence-corrected chi connectivity index (χ2v) is 11.5. The van der Waals surface area contributed by atoms with E-state index in [1.54, 1.807) is 27.7 Å². The quantitative estimate of drug-likeness (QED) is 0.232. The van der Waals surface area contributed by atoms with E-state index in [0.717, 1.165) is 13.2 Å². The normalized spacial score (nSPS) is 28.8. The van der Waals surface area contributed by atoms with Crippen LogP contribution in [0.2, 0.25) is 0 Å². The summed E-state index contributed by atoms with van der Waals surface area (Å²) < 4.78 is 26.6. The molecule has 0 aromatic carbocycles. The molecule has 3 N–H and O–H groups in total. The topological polar surface area (TPSA) is 175 Å². The lowest BCUT2D eigenvalue weighted by Gasteiger charge is -2.43. The van der Waals surface area contributed by atoms with Gasteiger partial charge in [-0.05, 0) is 11.8 Å². The number of ether oxygens (including phenoxy) is 5. The first-order valence-electron chi connectivity index (χ1n) is 13.2. The van der Waals surface area contributed by atoms with E-state index in [4.69, 9.17) is 23.7 Å². The molecular weight excluding hydrogens is 516 g/mol. The molecule has 1 fully saturated rings. The van der Waals surface area contributed by atoms with Gasteiger partial charge < -0.3 is 39.0 Å². The molecule has 2 rings (SSSR count). The van der Waals surface area contributed by atoms with E-state index in [1.165, 1.54) is 0 Å². The number of esters is 4. The monoisotopic (exact) mass is 558 g/mol. The summed E-state index contributed by atoms with van der Waals surface area (Å²) in [6.45, 7) is 10.5. The minimum absolute atomic E-state index is 0.0240. The van der Waals surface area contributed by atoms with Gasteiger partial charge >= 0.3 is 23.9 Å². The van der Waals surface area contributed by atoms with Crippen molar-refractivity contribution in [1.29, 1.82) is 0 Å². The first-order valence-corrected chi connectivity index (χ1v) is 13.2. The summed E-state index contributed by atoms with van der Waals surface area (Å²) >= 11 is 0. The molecule has 0 bridgehead atoms. The Balaban J connectivity index is 2.31. The molecule has 0 unspecified atom stereocenters. The molecule has 12 nitrogen and oxygen atoms in total. The molecule has 0 radical (unpaired) electrons. The molecule has 1 aliphatic heterocycles. The van der Waals surface area contributed by atoms with Crippen LogP contribution in [0.3, 0.4) is 0 Å². The predicted molar refractivity (Wildman–Crippen MR) is 134 cm³/mol. The molecule has 1 heterocycles. The number of aliphatic hydroxyl groups excluding tert-OH is 1. The van der Waals surface area contributed by atoms with Crippen LogP contribution in [0.1, 0.15) is 67.7 Å². The molecule has 0 aromatic rings. The highest BCUT2D eigenvalue weighted by Gasteiger charge is 2.69. The molecular formula is C27H42O12. The summed E-state index contributed by atoms with van der Waals surface area (Å²) in [5.74, 6) is -4.76. The molecule has 2 aliphatic rings. The van der Waals surface area contributed by atoms with E-state index in [9.17, 15) is 34.5 Å². The third kappa shape index (κ3) is 7.92. The van der Waals surface area contributed by atoms with Crippen molar-refractivity contribution in [2.75, 3.05) is 13.2 Å². The van der Waals surface area contributed by atoms with Gasteiger partial charge in [0.1, 0.15) is 30.3 Å². The van der Waals surface area contributed by atoms with E-state index < -0.39 is 85.0 Å². The van der Waals surface area contributed by atoms with Gasteiger partial charge in [-0.25, -0.2) is 4.79 Å². The minimum atomic E-state index is -2.26. The van der Waals surface area contributed by atoms with Crippen LogP contribution in [-0.4, -0.2) is 82.1 Å². The summed E-state index contributed by atoms with van der Waals surface area (Å²) in [6, 6.07) is 0. The van der Waals surface area contributed by atoms with Crippen LogP contribution < -0.4 is 0 Å². The highest BCUT2D eigenvalue weighted by atomic mass is 16.7. The van der Waals surface area contributed by atoms with Crippen LogP contribution >= 0.6 is 0 Å². The van der Waals surface area contributed by atoms with Crippen molar-refractivity contribution in [2.24, 2.45) is 23.7 Å². The predicted octanol–water partition coefficient (Wildman–Crippen LogP) is 1.38. The Morgan fingerprint density at radius 1 is 1.00 bits per heavy atom. The maximum atomic E-state index is 12.9. The van der Waals surface area contributed by atoms with Gasteiger partial charge in [-0.1, -0.05) is 41.5 Å². The Morgan fingerprint density at radius 2 is 1.59 bits per heavy atom. The SMILES string of the molecule is CC(=O)OC[C@@]1(O)[C@H]2[C@H](OC(=O)CC(C)C)OC=C(COC(=O)[C@H](OC(=O)CC(C)C)C(C)C)[C@@]2(O)C[C@@H]1O. The lowest BCUT2D eigenvalue weighted by Crippen LogP contribution is -2.59. The molecule has 1 saturated carbocycles. The number of rotatable bonds is 12. The first-order chi connectivity index (χ1) is 18.0. The van der Waals surface area contributed by atoms with E-state index in [-0.39, 0.29) is 30.3 Å². The third-order valence-corrected chi connectivity index (χ3v) is 6.68. The standard InChI is InChI=1S/C27H42O12/c1-14(2)8-20(30)38-22(16(5)6)24(32)35-11-18-12-36-25(39-21(31)9-15(3)4)23-26(18,33)10-19(29)27(23,34)13-37-17(7)28/h12,14-16,19,22-23,25,29,33-34H,8-11,13H2,1-7H3/t19-,22+,23-,25-,26-,27-/m0/s1. The summed E-state index contributed by atoms with van der Waals surface area (Å²) in [7, 11) is 0. The van der Waals surface area contributed by atoms with Crippen molar-refractivity contribution in [1.82, 2.24) is 0 Å². The van der Waals surface area contributed by atoms with Gasteiger partial charge in [-0.15, -0.1) is 0 Å². The smallest absolute Gasteiger partial charge is 0.348 e. The zero-order chi connectivity index (χ0) is 29.7. The van der Waals surface area contributed by atoms with Gasteiger partial charge in [-0.3, -0.25) is 14.4 Å². The summed E-state index contributed by atoms with van der Waals surface area (Å²) in [5.41, 5.74) is -4.37. The Kier molecular flexibility index (Phi) is 10.9. The Morgan fingerprint density at radius 3 is 2.13 bits per heavy atom. The Bertz CT molecular complexity index is 941. The number of carbonyl (C=O) groups excluding carboxylic acids is 4. The molecule has 0 amide bonds. The van der Waals surface area contributed by atoms with Crippen LogP contribution in [0.25, 0.3) is 0 Å². The molecule has 222 valence electrons. The Labute approximate surface area is 228 Å². The van der Waals surface area contributed by atoms with Gasteiger partial charge in [0.2, 0.25) is 6.10 Å². The Hall–Kier alpha value is -2.70. The largest absolute Gasteiger partial charge is 0.463 e. The second-order valence-electron chi connectivity index (χ2n) is 11.5. The molecule has 0 saturated heterocycles. The number of hydrogen-bond donors (Lipinski definition) is 3. The van der Waals surface area contributed by atoms with Crippen molar-refractivity contribution in [3.8, 4) is 0 Å². The van der Waals surface area contributed by atoms with Gasteiger partial charge in [0, 0.05) is 37.7 Å². The zero-order valence-electron chi connectivity index (χ0n) is 23.7. The van der Waals surface area contributed by atoms with Gasteiger partial charge in [0.15, 0.2) is 0 Å². The number of hydrogen-bond acceptors (Lipinski definition) is 12. The molecule has 12 heteroatoms. The van der Waals surface area contributed by atoms with Crippen molar-refractivity contribution >= 4 is 23.9 Å². The first kappa shape index (κ1) is 32.5. The molecule has 39 heavy (non-hydrogen) atoms. The summed E-state index contributed by atoms with van der Waals surface area (Å²) in [6.07, 6.45) is -3.64. The van der Waals surface area contributed by atoms with Crippen LogP contribution in [0.4, 0.5) is 0 Å². The van der Waals surface area contributed by atoms with Crippen molar-refractivity contribution in [3.63, 3.8) is 0 Å². The fraction of sp³-hybridized carbons (Fsp3) is 0.778. The number of aliphatic hydroxyl groups is 3. The fourth-order valence-corrected chi connectivity index (χ4v) is 4.72. The van der Waals surface area contributed by atoms with Crippen molar-refractivity contribution in [2.45, 2.75) is 97.4 Å². The fourth-order valence-electron chi connectivity index (χ4n) is 4.72. The highest BCUT2D eigenvalue weighted by Crippen LogP contribution is 2.52. The molecule has 1 aliphatic carbocycles. The summed E-state index contributed by atoms with van der Waals surface area (Å²) in [4.78, 5) is 48.9. The average Bonchev–Trinajstić information content (AvgIpc) is 3.00. The van der Waals surface area contributed by atoms with E-state index in [0.29, 0.717) is 0 Å². The number of fused-ring (bicyclic) bond motifs is 1. The molecule has 6 atom stereocenters. The van der Waals surface area contributed by atoms with Gasteiger partial charge in [0.25, 0.3) is 6.29 Å². The van der Waals surface area contributed by atoms with Crippen LogP contribution in [0, 0.1) is 23.7 Å². The van der Waals surface area contributed by atoms with Gasteiger partial charge in [0.05, 0.1) is 12.4 Å².